The standard InChI is InChI=1S/C15H19N5OS/c1-3-5-9-17-14(11-21)13(4-2)19-20-15(22)18-12-7-6-8-16-10-12/h3,5-10,21H,1,4,11H2,2H3,(H2,18,20,22)/b9-5-,17-14+,19-13-. The van der Waals surface area contributed by atoms with Crippen LogP contribution < -0.4 is 10.7 Å². The molecule has 0 atom stereocenters. The van der Waals surface area contributed by atoms with Crippen LogP contribution in [0, 0.1) is 0 Å². The van der Waals surface area contributed by atoms with E-state index in [0.29, 0.717) is 23.0 Å². The molecule has 0 aliphatic carbocycles. The second-order valence-corrected chi connectivity index (χ2v) is 4.44. The fourth-order valence-corrected chi connectivity index (χ4v) is 1.63. The number of pyridine rings is 1. The van der Waals surface area contributed by atoms with Gasteiger partial charge < -0.3 is 10.4 Å². The second-order valence-electron chi connectivity index (χ2n) is 4.03. The number of aromatic nitrogens is 1. The van der Waals surface area contributed by atoms with E-state index in [1.807, 2.05) is 13.0 Å². The number of aliphatic hydroxyl groups is 1. The lowest BCUT2D eigenvalue weighted by Crippen LogP contribution is -2.28. The van der Waals surface area contributed by atoms with Gasteiger partial charge in [-0.25, -0.2) is 0 Å². The maximum atomic E-state index is 9.37. The molecule has 1 aromatic rings. The quantitative estimate of drug-likeness (QED) is 0.311. The normalized spacial score (nSPS) is 12.3. The van der Waals surface area contributed by atoms with Gasteiger partial charge in [-0.3, -0.25) is 15.4 Å². The highest BCUT2D eigenvalue weighted by Gasteiger charge is 2.06. The minimum absolute atomic E-state index is 0.210. The Morgan fingerprint density at radius 3 is 2.91 bits per heavy atom. The average molecular weight is 317 g/mol. The number of hydrogen-bond donors (Lipinski definition) is 3. The molecule has 0 spiro atoms. The maximum Gasteiger partial charge on any atom is 0.191 e. The number of allylic oxidation sites excluding steroid dienone is 2. The molecule has 6 nitrogen and oxygen atoms in total. The second kappa shape index (κ2) is 10.4. The molecule has 0 fully saturated rings. The van der Waals surface area contributed by atoms with Gasteiger partial charge in [-0.15, -0.1) is 0 Å². The predicted molar refractivity (Wildman–Crippen MR) is 95.2 cm³/mol. The Balaban J connectivity index is 2.71. The van der Waals surface area contributed by atoms with Crippen LogP contribution in [0.3, 0.4) is 0 Å². The van der Waals surface area contributed by atoms with E-state index < -0.39 is 0 Å². The summed E-state index contributed by atoms with van der Waals surface area (Å²) in [5, 5.41) is 16.8. The molecule has 1 heterocycles. The van der Waals surface area contributed by atoms with Gasteiger partial charge in [0.05, 0.1) is 29.9 Å². The molecule has 1 aromatic heterocycles. The fraction of sp³-hybridized carbons (Fsp3) is 0.200. The Bertz CT molecular complexity index is 581. The van der Waals surface area contributed by atoms with Crippen molar-refractivity contribution in [3.63, 3.8) is 0 Å². The lowest BCUT2D eigenvalue weighted by Gasteiger charge is -2.09. The van der Waals surface area contributed by atoms with Crippen molar-refractivity contribution in [2.75, 3.05) is 11.9 Å². The van der Waals surface area contributed by atoms with E-state index in [0.717, 1.165) is 5.69 Å². The van der Waals surface area contributed by atoms with E-state index >= 15 is 0 Å². The largest absolute Gasteiger partial charge is 0.390 e. The first-order chi connectivity index (χ1) is 10.7. The van der Waals surface area contributed by atoms with E-state index in [-0.39, 0.29) is 6.61 Å². The van der Waals surface area contributed by atoms with Crippen molar-refractivity contribution < 1.29 is 5.11 Å². The summed E-state index contributed by atoms with van der Waals surface area (Å²) in [6.45, 7) is 5.26. The number of thiocarbonyl (C=S) groups is 1. The smallest absolute Gasteiger partial charge is 0.191 e. The van der Waals surface area contributed by atoms with Crippen molar-refractivity contribution in [1.29, 1.82) is 0 Å². The maximum absolute atomic E-state index is 9.37. The third-order valence-electron chi connectivity index (χ3n) is 2.48. The molecule has 3 N–H and O–H groups in total. The van der Waals surface area contributed by atoms with Gasteiger partial charge in [0, 0.05) is 12.4 Å². The number of hydrogen-bond acceptors (Lipinski definition) is 5. The molecule has 0 radical (unpaired) electrons. The van der Waals surface area contributed by atoms with Gasteiger partial charge in [0.15, 0.2) is 5.11 Å². The zero-order valence-corrected chi connectivity index (χ0v) is 13.2. The van der Waals surface area contributed by atoms with Crippen molar-refractivity contribution in [1.82, 2.24) is 10.4 Å². The Morgan fingerprint density at radius 1 is 1.50 bits per heavy atom. The third-order valence-corrected chi connectivity index (χ3v) is 2.68. The van der Waals surface area contributed by atoms with Gasteiger partial charge in [-0.2, -0.15) is 5.10 Å². The number of aliphatic imine (C=N–C) groups is 1. The molecule has 0 aromatic carbocycles. The lowest BCUT2D eigenvalue weighted by atomic mass is 10.2. The molecule has 0 aliphatic rings. The molecular weight excluding hydrogens is 298 g/mol. The summed E-state index contributed by atoms with van der Waals surface area (Å²) in [4.78, 5) is 8.11. The van der Waals surface area contributed by atoms with E-state index in [1.54, 1.807) is 36.8 Å². The first kappa shape index (κ1) is 17.7. The van der Waals surface area contributed by atoms with Crippen LogP contribution in [-0.4, -0.2) is 33.2 Å². The highest BCUT2D eigenvalue weighted by atomic mass is 32.1. The highest BCUT2D eigenvalue weighted by molar-refractivity contribution is 7.80. The van der Waals surface area contributed by atoms with Crippen molar-refractivity contribution in [3.8, 4) is 0 Å². The van der Waals surface area contributed by atoms with Crippen molar-refractivity contribution >= 4 is 34.4 Å². The highest BCUT2D eigenvalue weighted by Crippen LogP contribution is 2.02. The minimum atomic E-state index is -0.210. The Kier molecular flexibility index (Phi) is 8.32. The van der Waals surface area contributed by atoms with Crippen LogP contribution in [-0.2, 0) is 0 Å². The molecule has 1 rings (SSSR count). The van der Waals surface area contributed by atoms with Crippen LogP contribution in [0.2, 0.25) is 0 Å². The first-order valence-electron chi connectivity index (χ1n) is 6.70. The average Bonchev–Trinajstić information content (AvgIpc) is 2.54. The van der Waals surface area contributed by atoms with Crippen molar-refractivity contribution in [2.45, 2.75) is 13.3 Å². The summed E-state index contributed by atoms with van der Waals surface area (Å²) < 4.78 is 0. The minimum Gasteiger partial charge on any atom is -0.390 e. The van der Waals surface area contributed by atoms with Gasteiger partial charge in [-0.05, 0) is 36.8 Å². The summed E-state index contributed by atoms with van der Waals surface area (Å²) in [6, 6.07) is 3.64. The Labute approximate surface area is 135 Å². The van der Waals surface area contributed by atoms with Crippen LogP contribution in [0.4, 0.5) is 5.69 Å². The number of rotatable bonds is 7. The number of nitrogens with one attached hydrogen (secondary N) is 2. The van der Waals surface area contributed by atoms with Gasteiger partial charge in [-0.1, -0.05) is 19.6 Å². The Hall–Kier alpha value is -2.38. The zero-order chi connectivity index (χ0) is 16.2. The Morgan fingerprint density at radius 2 is 2.32 bits per heavy atom. The molecule has 0 bridgehead atoms. The van der Waals surface area contributed by atoms with Gasteiger partial charge in [0.2, 0.25) is 0 Å². The SMILES string of the molecule is C=C\C=C/N=C(CO)/C(CC)=N\NC(=S)Nc1cccnc1. The van der Waals surface area contributed by atoms with Crippen molar-refractivity contribution in [2.24, 2.45) is 10.1 Å². The molecule has 0 saturated carbocycles. The number of anilines is 1. The van der Waals surface area contributed by atoms with Crippen LogP contribution in [0.5, 0.6) is 0 Å². The fourth-order valence-electron chi connectivity index (χ4n) is 1.46. The molecule has 0 saturated heterocycles. The lowest BCUT2D eigenvalue weighted by molar-refractivity contribution is 0.359. The monoisotopic (exact) mass is 317 g/mol. The zero-order valence-electron chi connectivity index (χ0n) is 12.4. The third kappa shape index (κ3) is 6.38. The molecule has 0 aliphatic heterocycles. The number of hydrazone groups is 1. The van der Waals surface area contributed by atoms with E-state index in [9.17, 15) is 5.11 Å². The summed E-state index contributed by atoms with van der Waals surface area (Å²) in [5.74, 6) is 0. The molecule has 0 unspecified atom stereocenters. The predicted octanol–water partition coefficient (Wildman–Crippen LogP) is 2.27. The van der Waals surface area contributed by atoms with E-state index in [1.165, 1.54) is 0 Å². The van der Waals surface area contributed by atoms with Crippen LogP contribution in [0.15, 0.2) is 59.6 Å². The number of aliphatic hydroxyl groups excluding tert-OH is 1. The summed E-state index contributed by atoms with van der Waals surface area (Å²) in [7, 11) is 0. The molecule has 0 amide bonds. The van der Waals surface area contributed by atoms with Gasteiger partial charge >= 0.3 is 0 Å². The molecule has 7 heteroatoms. The summed E-state index contributed by atoms with van der Waals surface area (Å²) in [5.41, 5.74) is 4.58. The van der Waals surface area contributed by atoms with Crippen LogP contribution in [0.25, 0.3) is 0 Å². The van der Waals surface area contributed by atoms with Gasteiger partial charge in [0.1, 0.15) is 0 Å². The summed E-state index contributed by atoms with van der Waals surface area (Å²) in [6.07, 6.45) is 8.76. The molecule has 22 heavy (non-hydrogen) atoms. The van der Waals surface area contributed by atoms with E-state index in [4.69, 9.17) is 12.2 Å². The van der Waals surface area contributed by atoms with Gasteiger partial charge in [0.25, 0.3) is 0 Å². The molecule has 116 valence electrons. The first-order valence-corrected chi connectivity index (χ1v) is 7.11. The topological polar surface area (TPSA) is 81.9 Å². The van der Waals surface area contributed by atoms with Crippen LogP contribution >= 0.6 is 12.2 Å². The van der Waals surface area contributed by atoms with Crippen molar-refractivity contribution in [3.05, 3.63) is 49.5 Å². The van der Waals surface area contributed by atoms with E-state index in [2.05, 4.69) is 32.4 Å². The summed E-state index contributed by atoms with van der Waals surface area (Å²) >= 11 is 5.14. The van der Waals surface area contributed by atoms with Crippen LogP contribution in [0.1, 0.15) is 13.3 Å². The molecular formula is C15H19N5OS. The number of nitrogens with zero attached hydrogens (tertiary/aromatic N) is 3.